The van der Waals surface area contributed by atoms with Gasteiger partial charge in [0.1, 0.15) is 4.90 Å². The molecule has 0 aliphatic carbocycles. The van der Waals surface area contributed by atoms with Crippen molar-refractivity contribution >= 4 is 73.4 Å². The van der Waals surface area contributed by atoms with Crippen LogP contribution in [0, 0.1) is 0 Å². The summed E-state index contributed by atoms with van der Waals surface area (Å²) in [5.41, 5.74) is -0.406. The molecule has 9 heteroatoms. The van der Waals surface area contributed by atoms with Gasteiger partial charge in [0.15, 0.2) is 0 Å². The SMILES string of the molecule is CCCOC(=O)c1ccc(C(=O)OCCC)c(S(=O)(=O)O)c1.[K]. The molecule has 1 N–H and O–H groups in total. The molecule has 0 aromatic heterocycles. The monoisotopic (exact) mass is 369 g/mol. The quantitative estimate of drug-likeness (QED) is 0.443. The maximum absolute atomic E-state index is 11.8. The Kier molecular flexibility index (Phi) is 10.4. The number of esters is 2. The van der Waals surface area contributed by atoms with E-state index in [4.69, 9.17) is 9.47 Å². The molecule has 0 fully saturated rings. The van der Waals surface area contributed by atoms with Crippen LogP contribution >= 0.6 is 0 Å². The van der Waals surface area contributed by atoms with Gasteiger partial charge in [0.25, 0.3) is 10.1 Å². The van der Waals surface area contributed by atoms with Crippen LogP contribution in [0.25, 0.3) is 0 Å². The molecule has 1 aromatic rings. The average molecular weight is 369 g/mol. The Balaban J connectivity index is 0.00000484. The molecular formula is C14H18KO7S. The minimum atomic E-state index is -4.69. The predicted molar refractivity (Wildman–Crippen MR) is 83.2 cm³/mol. The standard InChI is InChI=1S/C14H18O7S.K/c1-3-7-20-13(15)10-5-6-11(14(16)21-8-4-2)12(9-10)22(17,18)19;/h5-6,9H,3-4,7-8H2,1-2H3,(H,17,18,19);. The molecule has 0 heterocycles. The molecule has 7 nitrogen and oxygen atoms in total. The smallest absolute Gasteiger partial charge is 0.339 e. The van der Waals surface area contributed by atoms with Crippen molar-refractivity contribution in [2.24, 2.45) is 0 Å². The zero-order chi connectivity index (χ0) is 16.8. The summed E-state index contributed by atoms with van der Waals surface area (Å²) in [5, 5.41) is 0. The molecule has 0 saturated carbocycles. The van der Waals surface area contributed by atoms with Crippen molar-refractivity contribution in [1.82, 2.24) is 0 Å². The van der Waals surface area contributed by atoms with Gasteiger partial charge in [-0.1, -0.05) is 13.8 Å². The van der Waals surface area contributed by atoms with Crippen LogP contribution in [0.3, 0.4) is 0 Å². The van der Waals surface area contributed by atoms with Gasteiger partial charge in [0.2, 0.25) is 0 Å². The molecule has 0 atom stereocenters. The number of ether oxygens (including phenoxy) is 2. The first-order valence-corrected chi connectivity index (χ1v) is 8.21. The third-order valence-electron chi connectivity index (χ3n) is 2.59. The zero-order valence-corrected chi connectivity index (χ0v) is 17.3. The van der Waals surface area contributed by atoms with E-state index in [9.17, 15) is 22.6 Å². The summed E-state index contributed by atoms with van der Waals surface area (Å²) in [4.78, 5) is 22.9. The largest absolute Gasteiger partial charge is 0.462 e. The molecule has 0 aliphatic heterocycles. The van der Waals surface area contributed by atoms with Crippen molar-refractivity contribution in [1.29, 1.82) is 0 Å². The van der Waals surface area contributed by atoms with Gasteiger partial charge in [-0.15, -0.1) is 0 Å². The van der Waals surface area contributed by atoms with Crippen LogP contribution in [0.15, 0.2) is 23.1 Å². The zero-order valence-electron chi connectivity index (χ0n) is 13.4. The van der Waals surface area contributed by atoms with E-state index >= 15 is 0 Å². The minimum absolute atomic E-state index is 0. The van der Waals surface area contributed by atoms with E-state index < -0.39 is 27.0 Å². The third-order valence-corrected chi connectivity index (χ3v) is 3.48. The molecule has 0 bridgehead atoms. The summed E-state index contributed by atoms with van der Waals surface area (Å²) in [7, 11) is -4.69. The number of rotatable bonds is 7. The first kappa shape index (κ1) is 22.7. The fourth-order valence-electron chi connectivity index (χ4n) is 1.58. The Hall–Kier alpha value is -0.294. The van der Waals surface area contributed by atoms with E-state index in [0.717, 1.165) is 12.1 Å². The number of benzene rings is 1. The van der Waals surface area contributed by atoms with Gasteiger partial charge in [-0.05, 0) is 31.0 Å². The van der Waals surface area contributed by atoms with E-state index in [2.05, 4.69) is 0 Å². The Morgan fingerprint density at radius 3 is 2.04 bits per heavy atom. The second kappa shape index (κ2) is 10.5. The fourth-order valence-corrected chi connectivity index (χ4v) is 2.29. The first-order chi connectivity index (χ1) is 10.3. The molecule has 1 radical (unpaired) electrons. The van der Waals surface area contributed by atoms with Crippen LogP contribution in [-0.4, -0.2) is 89.5 Å². The van der Waals surface area contributed by atoms with Crippen LogP contribution < -0.4 is 0 Å². The van der Waals surface area contributed by atoms with E-state index in [-0.39, 0.29) is 75.7 Å². The van der Waals surface area contributed by atoms with Crippen molar-refractivity contribution in [2.75, 3.05) is 13.2 Å². The molecule has 0 unspecified atom stereocenters. The van der Waals surface area contributed by atoms with Crippen molar-refractivity contribution < 1.29 is 32.0 Å². The Morgan fingerprint density at radius 1 is 1.04 bits per heavy atom. The summed E-state index contributed by atoms with van der Waals surface area (Å²) >= 11 is 0. The van der Waals surface area contributed by atoms with Crippen molar-refractivity contribution in [3.05, 3.63) is 29.3 Å². The van der Waals surface area contributed by atoms with Crippen molar-refractivity contribution in [3.63, 3.8) is 0 Å². The van der Waals surface area contributed by atoms with Crippen LogP contribution in [0.4, 0.5) is 0 Å². The summed E-state index contributed by atoms with van der Waals surface area (Å²) in [6.07, 6.45) is 1.17. The van der Waals surface area contributed by atoms with E-state index in [1.54, 1.807) is 6.92 Å². The summed E-state index contributed by atoms with van der Waals surface area (Å²) in [5.74, 6) is -1.62. The average Bonchev–Trinajstić information content (AvgIpc) is 2.48. The van der Waals surface area contributed by atoms with Crippen LogP contribution in [0.5, 0.6) is 0 Å². The summed E-state index contributed by atoms with van der Waals surface area (Å²) in [6.45, 7) is 3.89. The minimum Gasteiger partial charge on any atom is -0.462 e. The maximum Gasteiger partial charge on any atom is 0.339 e. The molecule has 0 saturated heterocycles. The predicted octanol–water partition coefficient (Wildman–Crippen LogP) is 1.69. The second-order valence-corrected chi connectivity index (χ2v) is 5.85. The molecular weight excluding hydrogens is 351 g/mol. The molecule has 23 heavy (non-hydrogen) atoms. The normalized spacial score (nSPS) is 10.6. The molecule has 0 aliphatic rings. The van der Waals surface area contributed by atoms with Gasteiger partial charge >= 0.3 is 11.9 Å². The summed E-state index contributed by atoms with van der Waals surface area (Å²) in [6, 6.07) is 3.26. The number of carbonyl (C=O) groups excluding carboxylic acids is 2. The van der Waals surface area contributed by atoms with Crippen LogP contribution in [0.1, 0.15) is 47.4 Å². The second-order valence-electron chi connectivity index (χ2n) is 4.46. The van der Waals surface area contributed by atoms with Gasteiger partial charge in [0, 0.05) is 51.4 Å². The fraction of sp³-hybridized carbons (Fsp3) is 0.429. The van der Waals surface area contributed by atoms with E-state index in [0.29, 0.717) is 12.8 Å². The van der Waals surface area contributed by atoms with Gasteiger partial charge in [-0.25, -0.2) is 9.59 Å². The molecule has 1 rings (SSSR count). The third kappa shape index (κ3) is 7.00. The van der Waals surface area contributed by atoms with E-state index in [1.807, 2.05) is 6.92 Å². The summed E-state index contributed by atoms with van der Waals surface area (Å²) < 4.78 is 41.8. The van der Waals surface area contributed by atoms with Crippen molar-refractivity contribution in [2.45, 2.75) is 31.6 Å². The first-order valence-electron chi connectivity index (χ1n) is 6.77. The molecule has 0 spiro atoms. The maximum atomic E-state index is 11.8. The Morgan fingerprint density at radius 2 is 1.57 bits per heavy atom. The Bertz CT molecular complexity index is 655. The molecule has 0 amide bonds. The van der Waals surface area contributed by atoms with Crippen molar-refractivity contribution in [3.8, 4) is 0 Å². The van der Waals surface area contributed by atoms with Gasteiger partial charge in [0.05, 0.1) is 24.3 Å². The molecule has 123 valence electrons. The number of hydrogen-bond acceptors (Lipinski definition) is 6. The topological polar surface area (TPSA) is 107 Å². The van der Waals surface area contributed by atoms with Gasteiger partial charge in [-0.2, -0.15) is 8.42 Å². The van der Waals surface area contributed by atoms with Crippen LogP contribution in [-0.2, 0) is 19.6 Å². The van der Waals surface area contributed by atoms with E-state index in [1.165, 1.54) is 6.07 Å². The van der Waals surface area contributed by atoms with Gasteiger partial charge < -0.3 is 9.47 Å². The van der Waals surface area contributed by atoms with Crippen LogP contribution in [0.2, 0.25) is 0 Å². The number of hydrogen-bond donors (Lipinski definition) is 1. The molecule has 1 aromatic carbocycles. The number of carbonyl (C=O) groups is 2. The Labute approximate surface area is 177 Å². The van der Waals surface area contributed by atoms with Gasteiger partial charge in [-0.3, -0.25) is 4.55 Å².